The van der Waals surface area contributed by atoms with Crippen molar-refractivity contribution >= 4 is 48.0 Å². The molecule has 0 heterocycles. The number of amides is 5. The molecule has 0 aliphatic carbocycles. The van der Waals surface area contributed by atoms with Crippen LogP contribution in [0.3, 0.4) is 0 Å². The SMILES string of the molecule is CCCC(NC(=O)C(CCSC)NC=O)C(=O)NC(Cc1ccccc1)C(=O)NC(CCCCNC(=O)OCc1ccccc1)C(=O)O. The van der Waals surface area contributed by atoms with E-state index in [1.807, 2.05) is 49.6 Å². The highest BCUT2D eigenvalue weighted by molar-refractivity contribution is 7.98. The average Bonchev–Trinajstić information content (AvgIpc) is 3.08. The molecular weight excluding hydrogens is 638 g/mol. The number of ether oxygens (including phenoxy) is 1. The highest BCUT2D eigenvalue weighted by atomic mass is 32.2. The monoisotopic (exact) mass is 685 g/mol. The van der Waals surface area contributed by atoms with E-state index in [1.54, 1.807) is 24.3 Å². The van der Waals surface area contributed by atoms with Gasteiger partial charge in [-0.25, -0.2) is 9.59 Å². The molecule has 0 saturated carbocycles. The number of alkyl carbamates (subject to hydrolysis) is 1. The van der Waals surface area contributed by atoms with E-state index in [4.69, 9.17) is 4.74 Å². The van der Waals surface area contributed by atoms with Crippen molar-refractivity contribution in [3.63, 3.8) is 0 Å². The third kappa shape index (κ3) is 15.3. The van der Waals surface area contributed by atoms with Crippen LogP contribution in [0.1, 0.15) is 56.6 Å². The Morgan fingerprint density at radius 1 is 0.771 bits per heavy atom. The van der Waals surface area contributed by atoms with Crippen molar-refractivity contribution in [2.75, 3.05) is 18.6 Å². The number of thioether (sulfide) groups is 1. The maximum absolute atomic E-state index is 13.5. The summed E-state index contributed by atoms with van der Waals surface area (Å²) in [6.07, 6.45) is 3.91. The molecular formula is C34H47N5O8S. The molecule has 2 rings (SSSR count). The lowest BCUT2D eigenvalue weighted by Crippen LogP contribution is -2.58. The minimum Gasteiger partial charge on any atom is -0.480 e. The Bertz CT molecular complexity index is 1300. The lowest BCUT2D eigenvalue weighted by atomic mass is 10.0. The molecule has 4 atom stereocenters. The predicted molar refractivity (Wildman–Crippen MR) is 183 cm³/mol. The minimum absolute atomic E-state index is 0.0790. The van der Waals surface area contributed by atoms with E-state index in [2.05, 4.69) is 26.6 Å². The van der Waals surface area contributed by atoms with Crippen LogP contribution >= 0.6 is 11.8 Å². The molecule has 0 fully saturated rings. The van der Waals surface area contributed by atoms with Crippen molar-refractivity contribution in [2.24, 2.45) is 0 Å². The molecule has 0 aromatic heterocycles. The topological polar surface area (TPSA) is 192 Å². The minimum atomic E-state index is -1.24. The van der Waals surface area contributed by atoms with Crippen molar-refractivity contribution in [1.82, 2.24) is 26.6 Å². The second-order valence-corrected chi connectivity index (χ2v) is 12.1. The van der Waals surface area contributed by atoms with Gasteiger partial charge < -0.3 is 36.4 Å². The first-order valence-corrected chi connectivity index (χ1v) is 17.4. The van der Waals surface area contributed by atoms with Gasteiger partial charge in [0.2, 0.25) is 24.1 Å². The maximum atomic E-state index is 13.5. The third-order valence-corrected chi connectivity index (χ3v) is 7.98. The van der Waals surface area contributed by atoms with Gasteiger partial charge in [-0.3, -0.25) is 19.2 Å². The summed E-state index contributed by atoms with van der Waals surface area (Å²) < 4.78 is 5.17. The summed E-state index contributed by atoms with van der Waals surface area (Å²) in [4.78, 5) is 75.0. The Labute approximate surface area is 285 Å². The molecule has 6 N–H and O–H groups in total. The van der Waals surface area contributed by atoms with Crippen molar-refractivity contribution in [1.29, 1.82) is 0 Å². The molecule has 0 bridgehead atoms. The Hall–Kier alpha value is -4.59. The van der Waals surface area contributed by atoms with Crippen LogP contribution in [0.25, 0.3) is 0 Å². The fourth-order valence-electron chi connectivity index (χ4n) is 4.74. The molecule has 2 aromatic rings. The summed E-state index contributed by atoms with van der Waals surface area (Å²) in [6, 6.07) is 14.0. The van der Waals surface area contributed by atoms with Crippen LogP contribution in [0.4, 0.5) is 4.79 Å². The Balaban J connectivity index is 2.01. The molecule has 14 heteroatoms. The number of aliphatic carboxylic acids is 1. The lowest BCUT2D eigenvalue weighted by molar-refractivity contribution is -0.142. The molecule has 48 heavy (non-hydrogen) atoms. The number of nitrogens with one attached hydrogen (secondary N) is 5. The van der Waals surface area contributed by atoms with Gasteiger partial charge in [0.05, 0.1) is 0 Å². The fraction of sp³-hybridized carbons (Fsp3) is 0.471. The van der Waals surface area contributed by atoms with Crippen molar-refractivity contribution in [3.05, 3.63) is 71.8 Å². The molecule has 0 spiro atoms. The smallest absolute Gasteiger partial charge is 0.407 e. The molecule has 4 unspecified atom stereocenters. The zero-order valence-corrected chi connectivity index (χ0v) is 28.3. The first-order chi connectivity index (χ1) is 23.2. The van der Waals surface area contributed by atoms with Gasteiger partial charge in [0.15, 0.2) is 0 Å². The van der Waals surface area contributed by atoms with Gasteiger partial charge in [0.25, 0.3) is 0 Å². The van der Waals surface area contributed by atoms with Gasteiger partial charge in [-0.1, -0.05) is 74.0 Å². The standard InChI is InChI=1S/C34H47N5O8S/c1-3-12-27(37-30(41)26(36-23-40)18-20-48-2)31(42)39-29(21-24-13-6-4-7-14-24)32(43)38-28(33(44)45)17-10-11-19-35-34(46)47-22-25-15-8-5-9-16-25/h4-9,13-16,23,26-29H,3,10-12,17-22H2,1-2H3,(H,35,46)(H,36,40)(H,37,41)(H,38,43)(H,39,42)(H,44,45). The molecule has 0 aliphatic heterocycles. The molecule has 262 valence electrons. The van der Waals surface area contributed by atoms with Crippen molar-refractivity contribution < 1.29 is 38.6 Å². The fourth-order valence-corrected chi connectivity index (χ4v) is 5.21. The number of rotatable bonds is 23. The molecule has 0 aliphatic rings. The van der Waals surface area contributed by atoms with Gasteiger partial charge in [-0.2, -0.15) is 11.8 Å². The Morgan fingerprint density at radius 2 is 1.35 bits per heavy atom. The molecule has 13 nitrogen and oxygen atoms in total. The Kier molecular flexibility index (Phi) is 18.8. The molecule has 0 radical (unpaired) electrons. The van der Waals surface area contributed by atoms with E-state index in [0.717, 1.165) is 11.1 Å². The lowest BCUT2D eigenvalue weighted by Gasteiger charge is -2.26. The average molecular weight is 686 g/mol. The number of hydrogen-bond donors (Lipinski definition) is 6. The summed E-state index contributed by atoms with van der Waals surface area (Å²) in [5.74, 6) is -2.43. The second-order valence-electron chi connectivity index (χ2n) is 11.1. The number of carboxylic acid groups (broad SMARTS) is 1. The first kappa shape index (κ1) is 39.6. The second kappa shape index (κ2) is 22.9. The van der Waals surface area contributed by atoms with Crippen LogP contribution in [-0.2, 0) is 41.7 Å². The number of hydrogen-bond acceptors (Lipinski definition) is 8. The zero-order chi connectivity index (χ0) is 35.1. The predicted octanol–water partition coefficient (Wildman–Crippen LogP) is 2.53. The Morgan fingerprint density at radius 3 is 1.96 bits per heavy atom. The van der Waals surface area contributed by atoms with Crippen molar-refractivity contribution in [2.45, 2.75) is 82.6 Å². The number of carbonyl (C=O) groups excluding carboxylic acids is 5. The highest BCUT2D eigenvalue weighted by Gasteiger charge is 2.30. The summed E-state index contributed by atoms with van der Waals surface area (Å²) in [7, 11) is 0. The van der Waals surface area contributed by atoms with Gasteiger partial charge in [0, 0.05) is 13.0 Å². The summed E-state index contributed by atoms with van der Waals surface area (Å²) in [6.45, 7) is 2.23. The summed E-state index contributed by atoms with van der Waals surface area (Å²) >= 11 is 1.51. The maximum Gasteiger partial charge on any atom is 0.407 e. The summed E-state index contributed by atoms with van der Waals surface area (Å²) in [5, 5.41) is 22.9. The summed E-state index contributed by atoms with van der Waals surface area (Å²) in [5.41, 5.74) is 1.58. The van der Waals surface area contributed by atoms with E-state index in [0.29, 0.717) is 37.8 Å². The number of unbranched alkanes of at least 4 members (excludes halogenated alkanes) is 1. The van der Waals surface area contributed by atoms with E-state index < -0.39 is 54.0 Å². The highest BCUT2D eigenvalue weighted by Crippen LogP contribution is 2.09. The third-order valence-electron chi connectivity index (χ3n) is 7.34. The van der Waals surface area contributed by atoms with E-state index in [-0.39, 0.29) is 32.4 Å². The van der Waals surface area contributed by atoms with Crippen LogP contribution in [0, 0.1) is 0 Å². The number of benzene rings is 2. The molecule has 0 saturated heterocycles. The van der Waals surface area contributed by atoms with Crippen LogP contribution in [0.5, 0.6) is 0 Å². The van der Waals surface area contributed by atoms with Crippen molar-refractivity contribution in [3.8, 4) is 0 Å². The number of carbonyl (C=O) groups is 6. The van der Waals surface area contributed by atoms with Crippen LogP contribution in [0.15, 0.2) is 60.7 Å². The van der Waals surface area contributed by atoms with E-state index in [9.17, 15) is 33.9 Å². The van der Waals surface area contributed by atoms with Gasteiger partial charge >= 0.3 is 12.1 Å². The van der Waals surface area contributed by atoms with E-state index in [1.165, 1.54) is 11.8 Å². The normalized spacial score (nSPS) is 13.1. The largest absolute Gasteiger partial charge is 0.480 e. The van der Waals surface area contributed by atoms with Gasteiger partial charge in [-0.05, 0) is 55.2 Å². The van der Waals surface area contributed by atoms with Gasteiger partial charge in [-0.15, -0.1) is 0 Å². The quantitative estimate of drug-likeness (QED) is 0.0754. The van der Waals surface area contributed by atoms with Crippen LogP contribution in [-0.4, -0.2) is 84.0 Å². The van der Waals surface area contributed by atoms with E-state index >= 15 is 0 Å². The van der Waals surface area contributed by atoms with Gasteiger partial charge in [0.1, 0.15) is 30.8 Å². The molecule has 5 amide bonds. The van der Waals surface area contributed by atoms with Crippen LogP contribution < -0.4 is 26.6 Å². The zero-order valence-electron chi connectivity index (χ0n) is 27.4. The number of carboxylic acids is 1. The molecule has 2 aromatic carbocycles. The first-order valence-electron chi connectivity index (χ1n) is 16.0. The van der Waals surface area contributed by atoms with Crippen LogP contribution in [0.2, 0.25) is 0 Å².